The van der Waals surface area contributed by atoms with Gasteiger partial charge in [0.05, 0.1) is 12.8 Å². The third-order valence-corrected chi connectivity index (χ3v) is 5.24. The van der Waals surface area contributed by atoms with Crippen molar-refractivity contribution < 1.29 is 14.0 Å². The van der Waals surface area contributed by atoms with E-state index in [1.165, 1.54) is 0 Å². The van der Waals surface area contributed by atoms with Crippen LogP contribution < -0.4 is 10.6 Å². The van der Waals surface area contributed by atoms with Crippen LogP contribution >= 0.6 is 0 Å². The number of nitrogens with zero attached hydrogens (tertiary/aromatic N) is 2. The summed E-state index contributed by atoms with van der Waals surface area (Å²) in [6, 6.07) is 3.98. The van der Waals surface area contributed by atoms with Crippen molar-refractivity contribution in [3.63, 3.8) is 0 Å². The van der Waals surface area contributed by atoms with Gasteiger partial charge in [0.25, 0.3) is 0 Å². The van der Waals surface area contributed by atoms with Gasteiger partial charge in [-0.25, -0.2) is 0 Å². The molecule has 0 radical (unpaired) electrons. The molecule has 2 saturated heterocycles. The standard InChI is InChI=1S/C17H26N4O3/c1-20-8-7-14-16(20)17(23)19-10-12(21(14)2)5-6-15(22)18-11-13-4-3-9-24-13/h3-4,9,12,14,16H,5-8,10-11H2,1-2H3,(H,18,22)(H,19,23). The lowest BCUT2D eigenvalue weighted by Gasteiger charge is -2.32. The number of likely N-dealkylation sites (N-methyl/N-ethyl adjacent to an activating group) is 2. The van der Waals surface area contributed by atoms with Crippen molar-refractivity contribution in [3.05, 3.63) is 24.2 Å². The summed E-state index contributed by atoms with van der Waals surface area (Å²) in [5.74, 6) is 0.867. The molecule has 7 nitrogen and oxygen atoms in total. The van der Waals surface area contributed by atoms with Crippen molar-refractivity contribution in [1.82, 2.24) is 20.4 Å². The quantitative estimate of drug-likeness (QED) is 0.803. The predicted octanol–water partition coefficient (Wildman–Crippen LogP) is 0.179. The van der Waals surface area contributed by atoms with Crippen LogP contribution in [0.3, 0.4) is 0 Å². The van der Waals surface area contributed by atoms with Crippen molar-refractivity contribution in [2.45, 2.75) is 43.9 Å². The number of fused-ring (bicyclic) bond motifs is 1. The fraction of sp³-hybridized carbons (Fsp3) is 0.647. The van der Waals surface area contributed by atoms with Crippen molar-refractivity contribution in [3.8, 4) is 0 Å². The molecule has 0 bridgehead atoms. The molecule has 2 aliphatic heterocycles. The summed E-state index contributed by atoms with van der Waals surface area (Å²) in [4.78, 5) is 28.8. The van der Waals surface area contributed by atoms with Gasteiger partial charge in [0.2, 0.25) is 11.8 Å². The van der Waals surface area contributed by atoms with Crippen molar-refractivity contribution in [2.75, 3.05) is 27.2 Å². The van der Waals surface area contributed by atoms with Gasteiger partial charge in [-0.2, -0.15) is 0 Å². The summed E-state index contributed by atoms with van der Waals surface area (Å²) >= 11 is 0. The zero-order valence-corrected chi connectivity index (χ0v) is 14.3. The molecule has 3 rings (SSSR count). The Morgan fingerprint density at radius 1 is 1.46 bits per heavy atom. The number of hydrogen-bond acceptors (Lipinski definition) is 5. The second-order valence-electron chi connectivity index (χ2n) is 6.74. The average molecular weight is 334 g/mol. The van der Waals surface area contributed by atoms with Crippen molar-refractivity contribution >= 4 is 11.8 Å². The predicted molar refractivity (Wildman–Crippen MR) is 89.2 cm³/mol. The molecule has 0 saturated carbocycles. The summed E-state index contributed by atoms with van der Waals surface area (Å²) in [5.41, 5.74) is 0. The lowest BCUT2D eigenvalue weighted by molar-refractivity contribution is -0.125. The van der Waals surface area contributed by atoms with E-state index in [9.17, 15) is 9.59 Å². The molecular weight excluding hydrogens is 308 g/mol. The van der Waals surface area contributed by atoms with E-state index in [1.54, 1.807) is 12.3 Å². The Labute approximate surface area is 142 Å². The van der Waals surface area contributed by atoms with Crippen LogP contribution in [0.5, 0.6) is 0 Å². The van der Waals surface area contributed by atoms with Crippen LogP contribution in [0.15, 0.2) is 22.8 Å². The smallest absolute Gasteiger partial charge is 0.239 e. The molecule has 0 aliphatic carbocycles. The van der Waals surface area contributed by atoms with E-state index in [0.717, 1.165) is 25.1 Å². The Kier molecular flexibility index (Phi) is 5.20. The molecule has 2 amide bonds. The average Bonchev–Trinajstić information content (AvgIpc) is 3.19. The maximum Gasteiger partial charge on any atom is 0.239 e. The molecular formula is C17H26N4O3. The van der Waals surface area contributed by atoms with Gasteiger partial charge in [0.1, 0.15) is 11.8 Å². The largest absolute Gasteiger partial charge is 0.467 e. The Morgan fingerprint density at radius 3 is 3.04 bits per heavy atom. The van der Waals surface area contributed by atoms with Gasteiger partial charge in [-0.1, -0.05) is 0 Å². The number of nitrogens with one attached hydrogen (secondary N) is 2. The van der Waals surface area contributed by atoms with Crippen LogP contribution in [0, 0.1) is 0 Å². The van der Waals surface area contributed by atoms with Crippen LogP contribution in [0.1, 0.15) is 25.0 Å². The minimum atomic E-state index is -0.0761. The van der Waals surface area contributed by atoms with E-state index in [-0.39, 0.29) is 29.9 Å². The fourth-order valence-electron chi connectivity index (χ4n) is 3.76. The third kappa shape index (κ3) is 3.62. The van der Waals surface area contributed by atoms with Crippen molar-refractivity contribution in [2.24, 2.45) is 0 Å². The zero-order chi connectivity index (χ0) is 17.1. The van der Waals surface area contributed by atoms with Gasteiger partial charge >= 0.3 is 0 Å². The first kappa shape index (κ1) is 17.0. The second kappa shape index (κ2) is 7.36. The maximum absolute atomic E-state index is 12.3. The summed E-state index contributed by atoms with van der Waals surface area (Å²) < 4.78 is 5.21. The summed E-state index contributed by atoms with van der Waals surface area (Å²) in [6.45, 7) is 1.95. The maximum atomic E-state index is 12.3. The van der Waals surface area contributed by atoms with E-state index in [1.807, 2.05) is 13.1 Å². The molecule has 0 spiro atoms. The zero-order valence-electron chi connectivity index (χ0n) is 14.3. The van der Waals surface area contributed by atoms with E-state index >= 15 is 0 Å². The summed E-state index contributed by atoms with van der Waals surface area (Å²) in [6.07, 6.45) is 3.76. The highest BCUT2D eigenvalue weighted by atomic mass is 16.3. The highest BCUT2D eigenvalue weighted by molar-refractivity contribution is 5.83. The van der Waals surface area contributed by atoms with Crippen LogP contribution in [-0.2, 0) is 16.1 Å². The normalized spacial score (nSPS) is 28.2. The number of hydrogen-bond donors (Lipinski definition) is 2. The SMILES string of the molecule is CN1CCC2C1C(=O)NCC(CCC(=O)NCc1ccco1)N2C. The molecule has 7 heteroatoms. The molecule has 2 aliphatic rings. The molecule has 0 aromatic carbocycles. The lowest BCUT2D eigenvalue weighted by atomic mass is 10.0. The molecule has 2 fully saturated rings. The Morgan fingerprint density at radius 2 is 2.29 bits per heavy atom. The summed E-state index contributed by atoms with van der Waals surface area (Å²) in [5, 5.41) is 5.91. The first-order chi connectivity index (χ1) is 11.6. The number of rotatable bonds is 5. The van der Waals surface area contributed by atoms with Gasteiger partial charge in [-0.05, 0) is 39.1 Å². The van der Waals surface area contributed by atoms with Gasteiger partial charge in [0.15, 0.2) is 0 Å². The summed E-state index contributed by atoms with van der Waals surface area (Å²) in [7, 11) is 4.07. The molecule has 2 N–H and O–H groups in total. The first-order valence-electron chi connectivity index (χ1n) is 8.55. The minimum Gasteiger partial charge on any atom is -0.467 e. The van der Waals surface area contributed by atoms with Crippen LogP contribution in [0.4, 0.5) is 0 Å². The van der Waals surface area contributed by atoms with Gasteiger partial charge in [0, 0.05) is 31.6 Å². The molecule has 3 unspecified atom stereocenters. The van der Waals surface area contributed by atoms with Crippen LogP contribution in [0.2, 0.25) is 0 Å². The first-order valence-corrected chi connectivity index (χ1v) is 8.55. The lowest BCUT2D eigenvalue weighted by Crippen LogP contribution is -2.48. The second-order valence-corrected chi connectivity index (χ2v) is 6.74. The monoisotopic (exact) mass is 334 g/mol. The number of likely N-dealkylation sites (tertiary alicyclic amines) is 1. The Balaban J connectivity index is 1.51. The van der Waals surface area contributed by atoms with Gasteiger partial charge in [-0.15, -0.1) is 0 Å². The fourth-order valence-corrected chi connectivity index (χ4v) is 3.76. The minimum absolute atomic E-state index is 0.00969. The highest BCUT2D eigenvalue weighted by Gasteiger charge is 2.43. The number of furan rings is 1. The van der Waals surface area contributed by atoms with Crippen LogP contribution in [0.25, 0.3) is 0 Å². The van der Waals surface area contributed by atoms with Gasteiger partial charge < -0.3 is 15.1 Å². The van der Waals surface area contributed by atoms with Gasteiger partial charge in [-0.3, -0.25) is 19.4 Å². The molecule has 3 atom stereocenters. The van der Waals surface area contributed by atoms with Crippen molar-refractivity contribution in [1.29, 1.82) is 0 Å². The molecule has 132 valence electrons. The Hall–Kier alpha value is -1.86. The van der Waals surface area contributed by atoms with E-state index in [0.29, 0.717) is 19.5 Å². The highest BCUT2D eigenvalue weighted by Crippen LogP contribution is 2.25. The van der Waals surface area contributed by atoms with E-state index in [2.05, 4.69) is 27.5 Å². The van der Waals surface area contributed by atoms with E-state index in [4.69, 9.17) is 4.42 Å². The molecule has 24 heavy (non-hydrogen) atoms. The number of amides is 2. The third-order valence-electron chi connectivity index (χ3n) is 5.24. The topological polar surface area (TPSA) is 77.8 Å². The van der Waals surface area contributed by atoms with E-state index < -0.39 is 0 Å². The molecule has 1 aromatic heterocycles. The molecule has 3 heterocycles. The Bertz CT molecular complexity index is 574. The molecule has 1 aromatic rings. The van der Waals surface area contributed by atoms with Crippen LogP contribution in [-0.4, -0.2) is 66.9 Å². The number of carbonyl (C=O) groups is 2. The number of carbonyl (C=O) groups excluding carboxylic acids is 2.